The van der Waals surface area contributed by atoms with Gasteiger partial charge in [0.2, 0.25) is 0 Å². The zero-order valence-corrected chi connectivity index (χ0v) is 22.4. The van der Waals surface area contributed by atoms with E-state index in [4.69, 9.17) is 0 Å². The van der Waals surface area contributed by atoms with Crippen LogP contribution >= 0.6 is 8.58 Å². The maximum absolute atomic E-state index is 11.5. The summed E-state index contributed by atoms with van der Waals surface area (Å²) in [7, 11) is 0.481. The van der Waals surface area contributed by atoms with Crippen molar-refractivity contribution in [3.63, 3.8) is 0 Å². The quantitative estimate of drug-likeness (QED) is 0.375. The van der Waals surface area contributed by atoms with Crippen LogP contribution in [0.1, 0.15) is 86.1 Å². The van der Waals surface area contributed by atoms with E-state index in [9.17, 15) is 10.2 Å². The molecule has 0 aromatic heterocycles. The topological polar surface area (TPSA) is 40.5 Å². The highest BCUT2D eigenvalue weighted by Gasteiger charge is 2.29. The minimum absolute atomic E-state index is 0.0905. The first-order valence-electron chi connectivity index (χ1n) is 11.7. The third kappa shape index (κ3) is 5.79. The van der Waals surface area contributed by atoms with Crippen LogP contribution in [0, 0.1) is 13.8 Å². The molecule has 0 fully saturated rings. The average molecular weight is 463 g/mol. The molecule has 176 valence electrons. The van der Waals surface area contributed by atoms with Crippen molar-refractivity contribution in [1.82, 2.24) is 0 Å². The highest BCUT2D eigenvalue weighted by molar-refractivity contribution is 7.38. The molecule has 2 N–H and O–H groups in total. The van der Waals surface area contributed by atoms with Gasteiger partial charge in [-0.1, -0.05) is 107 Å². The Hall–Kier alpha value is -2.31. The van der Waals surface area contributed by atoms with Gasteiger partial charge >= 0.3 is 0 Å². The largest absolute Gasteiger partial charge is 0.507 e. The predicted molar refractivity (Wildman–Crippen MR) is 143 cm³/mol. The molecule has 2 nitrogen and oxygen atoms in total. The number of aromatic hydroxyl groups is 2. The van der Waals surface area contributed by atoms with E-state index >= 15 is 0 Å². The molecule has 0 heterocycles. The van der Waals surface area contributed by atoms with Crippen molar-refractivity contribution in [3.05, 3.63) is 93.5 Å². The molecule has 3 aromatic rings. The molecule has 0 amide bonds. The van der Waals surface area contributed by atoms with E-state index in [2.05, 4.69) is 104 Å². The highest BCUT2D eigenvalue weighted by atomic mass is 31.1. The maximum Gasteiger partial charge on any atom is 0.123 e. The van der Waals surface area contributed by atoms with E-state index in [-0.39, 0.29) is 16.5 Å². The molecule has 3 aromatic carbocycles. The van der Waals surface area contributed by atoms with Crippen molar-refractivity contribution >= 4 is 8.58 Å². The number of phenols is 2. The number of phenolic OH excluding ortho intramolecular Hbond substituents is 2. The van der Waals surface area contributed by atoms with Crippen LogP contribution < -0.4 is 0 Å². The molecule has 0 radical (unpaired) electrons. The second kappa shape index (κ2) is 9.51. The van der Waals surface area contributed by atoms with Crippen molar-refractivity contribution < 1.29 is 10.2 Å². The van der Waals surface area contributed by atoms with Gasteiger partial charge in [-0.2, -0.15) is 0 Å². The van der Waals surface area contributed by atoms with Crippen LogP contribution in [0.5, 0.6) is 11.5 Å². The minimum atomic E-state index is -0.177. The molecule has 3 heteroatoms. The lowest BCUT2D eigenvalue weighted by molar-refractivity contribution is 0.434. The molecular weight excluding hydrogens is 423 g/mol. The molecule has 0 aliphatic heterocycles. The minimum Gasteiger partial charge on any atom is -0.507 e. The Kier molecular flexibility index (Phi) is 7.30. The fraction of sp³-hybridized carbons (Fsp3) is 0.400. The normalized spacial score (nSPS) is 12.8. The van der Waals surface area contributed by atoms with Crippen molar-refractivity contribution in [2.24, 2.45) is 0 Å². The smallest absolute Gasteiger partial charge is 0.123 e. The van der Waals surface area contributed by atoms with Crippen molar-refractivity contribution in [3.8, 4) is 11.5 Å². The molecule has 0 saturated carbocycles. The SMILES string of the molecule is Cc1cc(C(PCc2ccccc2)c2cc(C)cc(C(C)(C)C)c2O)c(O)c(C(C)(C)C)c1. The monoisotopic (exact) mass is 462 g/mol. The van der Waals surface area contributed by atoms with Gasteiger partial charge in [0, 0.05) is 16.8 Å². The molecule has 0 bridgehead atoms. The van der Waals surface area contributed by atoms with Crippen LogP contribution in [-0.2, 0) is 17.0 Å². The lowest BCUT2D eigenvalue weighted by Crippen LogP contribution is -2.15. The van der Waals surface area contributed by atoms with E-state index in [1.54, 1.807) is 0 Å². The van der Waals surface area contributed by atoms with Crippen molar-refractivity contribution in [2.45, 2.75) is 78.0 Å². The number of rotatable bonds is 5. The molecule has 0 saturated heterocycles. The molecule has 0 spiro atoms. The first kappa shape index (κ1) is 25.3. The first-order valence-corrected chi connectivity index (χ1v) is 13.0. The highest BCUT2D eigenvalue weighted by Crippen LogP contribution is 2.52. The third-order valence-corrected chi connectivity index (χ3v) is 7.80. The van der Waals surface area contributed by atoms with Gasteiger partial charge in [0.25, 0.3) is 0 Å². The zero-order chi connectivity index (χ0) is 24.6. The fourth-order valence-electron chi connectivity index (χ4n) is 4.40. The second-order valence-electron chi connectivity index (χ2n) is 11.3. The molecular formula is C30H39O2P. The van der Waals surface area contributed by atoms with Crippen LogP contribution in [0.25, 0.3) is 0 Å². The van der Waals surface area contributed by atoms with Crippen molar-refractivity contribution in [2.75, 3.05) is 0 Å². The number of hydrogen-bond donors (Lipinski definition) is 2. The zero-order valence-electron chi connectivity index (χ0n) is 21.4. The summed E-state index contributed by atoms with van der Waals surface area (Å²) in [6.07, 6.45) is 0.891. The van der Waals surface area contributed by atoms with Gasteiger partial charge < -0.3 is 10.2 Å². The van der Waals surface area contributed by atoms with Crippen LogP contribution in [0.15, 0.2) is 54.6 Å². The van der Waals surface area contributed by atoms with Gasteiger partial charge in [0.1, 0.15) is 11.5 Å². The van der Waals surface area contributed by atoms with Gasteiger partial charge in [-0.25, -0.2) is 0 Å². The summed E-state index contributed by atoms with van der Waals surface area (Å²) in [5, 5.41) is 23.0. The predicted octanol–water partition coefficient (Wildman–Crippen LogP) is 8.28. The summed E-state index contributed by atoms with van der Waals surface area (Å²) in [5.41, 5.74) is 6.82. The lowest BCUT2D eigenvalue weighted by atomic mass is 9.81. The van der Waals surface area contributed by atoms with Crippen LogP contribution in [0.4, 0.5) is 0 Å². The summed E-state index contributed by atoms with van der Waals surface area (Å²) < 4.78 is 0. The first-order chi connectivity index (χ1) is 15.3. The van der Waals surface area contributed by atoms with E-state index in [0.29, 0.717) is 20.1 Å². The van der Waals surface area contributed by atoms with Crippen molar-refractivity contribution in [1.29, 1.82) is 0 Å². The fourth-order valence-corrected chi connectivity index (χ4v) is 5.96. The summed E-state index contributed by atoms with van der Waals surface area (Å²) in [6.45, 7) is 17.0. The standard InChI is InChI=1S/C30H39O2P/c1-19-14-22(26(31)24(16-19)29(3,4)5)28(33-18-21-12-10-9-11-13-21)23-15-20(2)17-25(27(23)32)30(6,7)8/h9-17,28,31-33H,18H2,1-8H3. The molecule has 0 aliphatic carbocycles. The van der Waals surface area contributed by atoms with Crippen LogP contribution in [0.2, 0.25) is 0 Å². The lowest BCUT2D eigenvalue weighted by Gasteiger charge is -2.29. The average Bonchev–Trinajstić information content (AvgIpc) is 2.71. The Morgan fingerprint density at radius 3 is 1.52 bits per heavy atom. The number of benzene rings is 3. The Balaban J connectivity index is 2.23. The molecule has 3 rings (SSSR count). The second-order valence-corrected chi connectivity index (χ2v) is 12.6. The van der Waals surface area contributed by atoms with Crippen LogP contribution in [-0.4, -0.2) is 10.2 Å². The Bertz CT molecular complexity index is 1050. The molecule has 1 unspecified atom stereocenters. The van der Waals surface area contributed by atoms with E-state index in [1.807, 2.05) is 6.07 Å². The Morgan fingerprint density at radius 1 is 0.697 bits per heavy atom. The van der Waals surface area contributed by atoms with Gasteiger partial charge in [-0.05, 0) is 47.5 Å². The third-order valence-electron chi connectivity index (χ3n) is 6.16. The van der Waals surface area contributed by atoms with Gasteiger partial charge in [-0.15, -0.1) is 8.58 Å². The van der Waals surface area contributed by atoms with E-state index < -0.39 is 0 Å². The van der Waals surface area contributed by atoms with Gasteiger partial charge in [-0.3, -0.25) is 0 Å². The number of hydrogen-bond acceptors (Lipinski definition) is 2. The summed E-state index contributed by atoms with van der Waals surface area (Å²) in [6, 6.07) is 18.9. The summed E-state index contributed by atoms with van der Waals surface area (Å²) in [5.74, 6) is 0.716. The summed E-state index contributed by atoms with van der Waals surface area (Å²) in [4.78, 5) is 0. The van der Waals surface area contributed by atoms with E-state index in [1.165, 1.54) is 5.56 Å². The molecule has 1 atom stereocenters. The maximum atomic E-state index is 11.5. The Morgan fingerprint density at radius 2 is 1.12 bits per heavy atom. The Labute approximate surface area is 201 Å². The number of aryl methyl sites for hydroxylation is 2. The van der Waals surface area contributed by atoms with Gasteiger partial charge in [0.05, 0.1) is 0 Å². The molecule has 33 heavy (non-hydrogen) atoms. The van der Waals surface area contributed by atoms with E-state index in [0.717, 1.165) is 39.5 Å². The summed E-state index contributed by atoms with van der Waals surface area (Å²) >= 11 is 0. The molecule has 0 aliphatic rings. The van der Waals surface area contributed by atoms with Crippen LogP contribution in [0.3, 0.4) is 0 Å². The van der Waals surface area contributed by atoms with Gasteiger partial charge in [0.15, 0.2) is 0 Å².